The monoisotopic (exact) mass is 456 g/mol. The fourth-order valence-electron chi connectivity index (χ4n) is 2.12. The first-order valence-electron chi connectivity index (χ1n) is 7.73. The number of hydrogen-bond acceptors (Lipinski definition) is 8. The van der Waals surface area contributed by atoms with Gasteiger partial charge in [-0.2, -0.15) is 0 Å². The Kier molecular flexibility index (Phi) is 11.8. The summed E-state index contributed by atoms with van der Waals surface area (Å²) in [6, 6.07) is 0. The summed E-state index contributed by atoms with van der Waals surface area (Å²) >= 11 is 10.7. The third-order valence-electron chi connectivity index (χ3n) is 2.81. The molecule has 12 heteroatoms. The van der Waals surface area contributed by atoms with Crippen molar-refractivity contribution < 1.29 is 26.2 Å². The van der Waals surface area contributed by atoms with Crippen molar-refractivity contribution in [1.29, 1.82) is 0 Å². The molecule has 1 rings (SSSR count). The lowest BCUT2D eigenvalue weighted by molar-refractivity contribution is -0.0809. The maximum Gasteiger partial charge on any atom is 0.200 e. The molecule has 0 bridgehead atoms. The molecule has 0 aromatic rings. The normalized spacial score (nSPS) is 24.3. The van der Waals surface area contributed by atoms with Crippen molar-refractivity contribution >= 4 is 57.1 Å². The van der Waals surface area contributed by atoms with Crippen molar-refractivity contribution in [3.05, 3.63) is 0 Å². The molecule has 0 aromatic heterocycles. The average Bonchev–Trinajstić information content (AvgIpc) is 2.61. The highest BCUT2D eigenvalue weighted by Crippen LogP contribution is 2.75. The van der Waals surface area contributed by atoms with Gasteiger partial charge in [0.05, 0.1) is 39.6 Å². The second-order valence-electron chi connectivity index (χ2n) is 4.28. The second kappa shape index (κ2) is 12.1. The highest BCUT2D eigenvalue weighted by atomic mass is 33.0. The van der Waals surface area contributed by atoms with Crippen LogP contribution >= 0.6 is 33.5 Å². The van der Waals surface area contributed by atoms with Crippen LogP contribution in [0.5, 0.6) is 0 Å². The van der Waals surface area contributed by atoms with Crippen molar-refractivity contribution in [3.8, 4) is 0 Å². The molecule has 0 saturated carbocycles. The topological polar surface area (TPSA) is 55.4 Å². The van der Waals surface area contributed by atoms with Gasteiger partial charge in [0.25, 0.3) is 0 Å². The predicted molar refractivity (Wildman–Crippen MR) is 110 cm³/mol. The van der Waals surface area contributed by atoms with Crippen LogP contribution in [0.4, 0.5) is 0 Å². The molecule has 2 unspecified atom stereocenters. The lowest BCUT2D eigenvalue weighted by Gasteiger charge is -2.53. The van der Waals surface area contributed by atoms with Gasteiger partial charge in [0.2, 0.25) is 10.9 Å². The van der Waals surface area contributed by atoms with Gasteiger partial charge >= 0.3 is 0 Å². The van der Waals surface area contributed by atoms with E-state index >= 15 is 0 Å². The van der Waals surface area contributed by atoms with Crippen LogP contribution in [0.15, 0.2) is 0 Å². The first-order chi connectivity index (χ1) is 11.6. The molecule has 1 fully saturated rings. The summed E-state index contributed by atoms with van der Waals surface area (Å²) in [6.07, 6.45) is 0. The van der Waals surface area contributed by atoms with Crippen LogP contribution < -0.4 is 0 Å². The Bertz CT molecular complexity index is 358. The largest absolute Gasteiger partial charge is 0.351 e. The zero-order valence-corrected chi connectivity index (χ0v) is 19.4. The van der Waals surface area contributed by atoms with Gasteiger partial charge in [-0.25, -0.2) is 0 Å². The molecule has 144 valence electrons. The minimum Gasteiger partial charge on any atom is -0.351 e. The van der Waals surface area contributed by atoms with Crippen LogP contribution in [0.1, 0.15) is 27.7 Å². The molecule has 0 aromatic carbocycles. The van der Waals surface area contributed by atoms with Crippen LogP contribution in [-0.2, 0) is 49.8 Å². The minimum atomic E-state index is -2.17. The maximum absolute atomic E-state index is 6.05. The Hall–Kier alpha value is 1.50. The van der Waals surface area contributed by atoms with Crippen LogP contribution in [0, 0.1) is 0 Å². The van der Waals surface area contributed by atoms with Crippen molar-refractivity contribution in [2.45, 2.75) is 38.6 Å². The van der Waals surface area contributed by atoms with Crippen LogP contribution in [0.3, 0.4) is 0 Å². The van der Waals surface area contributed by atoms with Gasteiger partial charge in [-0.1, -0.05) is 0 Å². The van der Waals surface area contributed by atoms with Gasteiger partial charge in [0.15, 0.2) is 0 Å². The van der Waals surface area contributed by atoms with E-state index in [9.17, 15) is 0 Å². The van der Waals surface area contributed by atoms with E-state index in [2.05, 4.69) is 0 Å². The molecule has 0 spiro atoms. The Morgan fingerprint density at radius 1 is 0.750 bits per heavy atom. The highest BCUT2D eigenvalue weighted by Gasteiger charge is 2.49. The van der Waals surface area contributed by atoms with Gasteiger partial charge in [0, 0.05) is 0 Å². The molecule has 24 heavy (non-hydrogen) atoms. The predicted octanol–water partition coefficient (Wildman–Crippen LogP) is 4.75. The van der Waals surface area contributed by atoms with Crippen molar-refractivity contribution in [2.24, 2.45) is 0 Å². The molecule has 1 saturated heterocycles. The van der Waals surface area contributed by atoms with E-state index in [-0.39, 0.29) is 0 Å². The molecule has 1 aliphatic heterocycles. The van der Waals surface area contributed by atoms with Crippen LogP contribution in [0.25, 0.3) is 0 Å². The molecule has 1 heterocycles. The average molecular weight is 457 g/mol. The summed E-state index contributed by atoms with van der Waals surface area (Å²) in [4.78, 5) is 0. The van der Waals surface area contributed by atoms with Gasteiger partial charge in [-0.15, -0.1) is 20.4 Å². The second-order valence-corrected chi connectivity index (χ2v) is 15.1. The lowest BCUT2D eigenvalue weighted by atomic mass is 10.6. The molecule has 1 aliphatic rings. The summed E-state index contributed by atoms with van der Waals surface area (Å²) in [5.74, 6) is 0. The van der Waals surface area contributed by atoms with Crippen LogP contribution in [0.2, 0.25) is 0 Å². The highest BCUT2D eigenvalue weighted by molar-refractivity contribution is 8.75. The van der Waals surface area contributed by atoms with Crippen molar-refractivity contribution in [3.63, 3.8) is 0 Å². The van der Waals surface area contributed by atoms with Gasteiger partial charge < -0.3 is 9.47 Å². The van der Waals surface area contributed by atoms with E-state index in [4.69, 9.17) is 49.8 Å². The SMILES string of the molecule is CCOS(OCC)(P=S)C1OCCOC1S(OCC)(OCC)P=S. The summed E-state index contributed by atoms with van der Waals surface area (Å²) in [7, 11) is -4.33. The van der Waals surface area contributed by atoms with Gasteiger partial charge in [-0.05, 0) is 51.3 Å². The van der Waals surface area contributed by atoms with Crippen LogP contribution in [-0.4, -0.2) is 50.5 Å². The third-order valence-corrected chi connectivity index (χ3v) is 15.1. The molecular weight excluding hydrogens is 430 g/mol. The summed E-state index contributed by atoms with van der Waals surface area (Å²) in [5.41, 5.74) is -0.984. The van der Waals surface area contributed by atoms with E-state index in [0.29, 0.717) is 52.8 Å². The van der Waals surface area contributed by atoms with Crippen molar-refractivity contribution in [2.75, 3.05) is 39.6 Å². The van der Waals surface area contributed by atoms with Gasteiger partial charge in [-0.3, -0.25) is 16.7 Å². The Morgan fingerprint density at radius 3 is 1.25 bits per heavy atom. The smallest absolute Gasteiger partial charge is 0.200 e. The fraction of sp³-hybridized carbons (Fsp3) is 1.00. The Labute approximate surface area is 161 Å². The van der Waals surface area contributed by atoms with E-state index in [1.165, 1.54) is 0 Å². The van der Waals surface area contributed by atoms with E-state index in [1.54, 1.807) is 0 Å². The molecule has 2 atom stereocenters. The zero-order chi connectivity index (χ0) is 18.1. The Morgan fingerprint density at radius 2 is 1.04 bits per heavy atom. The Balaban J connectivity index is 3.29. The van der Waals surface area contributed by atoms with Gasteiger partial charge in [0.1, 0.15) is 13.1 Å². The molecule has 0 amide bonds. The lowest BCUT2D eigenvalue weighted by Crippen LogP contribution is -2.44. The minimum absolute atomic E-state index is 0.447. The fourth-order valence-corrected chi connectivity index (χ4v) is 13.5. The first-order valence-corrected chi connectivity index (χ1v) is 15.9. The van der Waals surface area contributed by atoms with E-state index in [0.717, 1.165) is 0 Å². The summed E-state index contributed by atoms with van der Waals surface area (Å²) < 4.78 is 36.1. The standard InChI is InChI=1S/C12H26O6P2S4/c1-5-15-23(19-21,16-6-2)11-12(14-10-9-13-11)24(20-22,17-7-3)18-8-4/h11-12H,5-10H2,1-4H3. The molecular formula is C12H26O6P2S4. The first kappa shape index (κ1) is 23.5. The van der Waals surface area contributed by atoms with Crippen molar-refractivity contribution in [1.82, 2.24) is 0 Å². The number of rotatable bonds is 12. The maximum atomic E-state index is 6.05. The third kappa shape index (κ3) is 5.50. The number of hydrogen-bond donors (Lipinski definition) is 0. The molecule has 6 nitrogen and oxygen atoms in total. The molecule has 0 N–H and O–H groups in total. The number of ether oxygens (including phenoxy) is 2. The quantitative estimate of drug-likeness (QED) is 0.390. The summed E-state index contributed by atoms with van der Waals surface area (Å²) in [5, 5.41) is 0. The van der Waals surface area contributed by atoms with E-state index in [1.807, 2.05) is 27.7 Å². The van der Waals surface area contributed by atoms with E-state index < -0.39 is 31.3 Å². The zero-order valence-electron chi connectivity index (χ0n) is 14.4. The molecule has 0 aliphatic carbocycles. The molecule has 0 radical (unpaired) electrons. The summed E-state index contributed by atoms with van der Waals surface area (Å²) in [6.45, 7) is 11.6.